The molecule has 170 valence electrons. The van der Waals surface area contributed by atoms with Gasteiger partial charge in [0, 0.05) is 28.4 Å². The Morgan fingerprint density at radius 3 is 2.59 bits per heavy atom. The number of sulfonamides is 1. The van der Waals surface area contributed by atoms with Crippen molar-refractivity contribution in [1.82, 2.24) is 9.29 Å². The van der Waals surface area contributed by atoms with E-state index in [0.717, 1.165) is 28.4 Å². The van der Waals surface area contributed by atoms with Crippen LogP contribution in [0.1, 0.15) is 33.0 Å². The summed E-state index contributed by atoms with van der Waals surface area (Å²) in [4.78, 5) is 25.2. The van der Waals surface area contributed by atoms with Gasteiger partial charge in [0.2, 0.25) is 15.8 Å². The standard InChI is InChI=1S/C22H23FN2O5S2/c1-15-12-18(16(2)25(15)13-17-6-5-11-31-17)20(26)14-30-22(27)9-10-24-32(28,29)21-8-4-3-7-19(21)23/h3-8,11-12,24H,9-10,13-14H2,1-2H3. The summed E-state index contributed by atoms with van der Waals surface area (Å²) in [5.74, 6) is -1.96. The molecule has 0 fully saturated rings. The molecule has 10 heteroatoms. The van der Waals surface area contributed by atoms with E-state index in [-0.39, 0.29) is 18.7 Å². The molecular formula is C22H23FN2O5S2. The van der Waals surface area contributed by atoms with Crippen LogP contribution in [0.3, 0.4) is 0 Å². The highest BCUT2D eigenvalue weighted by molar-refractivity contribution is 7.89. The lowest BCUT2D eigenvalue weighted by Gasteiger charge is -2.09. The van der Waals surface area contributed by atoms with E-state index in [1.165, 1.54) is 12.1 Å². The van der Waals surface area contributed by atoms with Gasteiger partial charge in [-0.3, -0.25) is 9.59 Å². The Morgan fingerprint density at radius 1 is 1.16 bits per heavy atom. The molecule has 0 aliphatic carbocycles. The number of aryl methyl sites for hydroxylation is 1. The SMILES string of the molecule is Cc1cc(C(=O)COC(=O)CCNS(=O)(=O)c2ccccc2F)c(C)n1Cc1cccs1. The van der Waals surface area contributed by atoms with Crippen molar-refractivity contribution in [3.8, 4) is 0 Å². The summed E-state index contributed by atoms with van der Waals surface area (Å²) < 4.78 is 47.1. The Morgan fingerprint density at radius 2 is 1.91 bits per heavy atom. The Balaban J connectivity index is 1.51. The van der Waals surface area contributed by atoms with Gasteiger partial charge >= 0.3 is 5.97 Å². The number of ether oxygens (including phenoxy) is 1. The highest BCUT2D eigenvalue weighted by Gasteiger charge is 2.20. The first kappa shape index (κ1) is 23.8. The number of halogens is 1. The number of hydrogen-bond acceptors (Lipinski definition) is 6. The van der Waals surface area contributed by atoms with Crippen molar-refractivity contribution < 1.29 is 27.1 Å². The van der Waals surface area contributed by atoms with Crippen LogP contribution in [0.15, 0.2) is 52.7 Å². The zero-order chi connectivity index (χ0) is 23.3. The smallest absolute Gasteiger partial charge is 0.307 e. The molecule has 3 rings (SSSR count). The molecule has 32 heavy (non-hydrogen) atoms. The van der Waals surface area contributed by atoms with Gasteiger partial charge in [-0.25, -0.2) is 17.5 Å². The zero-order valence-corrected chi connectivity index (χ0v) is 19.3. The lowest BCUT2D eigenvalue weighted by Crippen LogP contribution is -2.28. The van der Waals surface area contributed by atoms with Gasteiger partial charge in [-0.05, 0) is 43.5 Å². The maximum atomic E-state index is 13.7. The van der Waals surface area contributed by atoms with Gasteiger partial charge in [-0.15, -0.1) is 11.3 Å². The summed E-state index contributed by atoms with van der Waals surface area (Å²) >= 11 is 1.63. The molecule has 0 bridgehead atoms. The molecule has 0 saturated carbocycles. The third kappa shape index (κ3) is 5.70. The first-order valence-corrected chi connectivity index (χ1v) is 12.2. The molecule has 0 unspecified atom stereocenters. The number of carbonyl (C=O) groups is 2. The lowest BCUT2D eigenvalue weighted by atomic mass is 10.1. The zero-order valence-electron chi connectivity index (χ0n) is 17.6. The molecular weight excluding hydrogens is 455 g/mol. The maximum absolute atomic E-state index is 13.7. The highest BCUT2D eigenvalue weighted by atomic mass is 32.2. The summed E-state index contributed by atoms with van der Waals surface area (Å²) in [6.07, 6.45) is -0.293. The molecule has 0 aliphatic rings. The van der Waals surface area contributed by atoms with Crippen LogP contribution in [-0.4, -0.2) is 37.9 Å². The molecule has 2 aromatic heterocycles. The van der Waals surface area contributed by atoms with Crippen molar-refractivity contribution in [3.63, 3.8) is 0 Å². The van der Waals surface area contributed by atoms with Gasteiger partial charge < -0.3 is 9.30 Å². The Bertz CT molecular complexity index is 1220. The van der Waals surface area contributed by atoms with Gasteiger partial charge in [0.15, 0.2) is 6.61 Å². The Labute approximate surface area is 189 Å². The Kier molecular flexibility index (Phi) is 7.60. The number of carbonyl (C=O) groups excluding carboxylic acids is 2. The van der Waals surface area contributed by atoms with Gasteiger partial charge in [-0.1, -0.05) is 18.2 Å². The molecule has 0 aliphatic heterocycles. The largest absolute Gasteiger partial charge is 0.457 e. The minimum Gasteiger partial charge on any atom is -0.457 e. The predicted octanol–water partition coefficient (Wildman–Crippen LogP) is 3.45. The molecule has 0 saturated heterocycles. The number of ketones is 1. The van der Waals surface area contributed by atoms with Crippen molar-refractivity contribution in [1.29, 1.82) is 0 Å². The van der Waals surface area contributed by atoms with Crippen LogP contribution in [0.4, 0.5) is 4.39 Å². The molecule has 0 atom stereocenters. The summed E-state index contributed by atoms with van der Waals surface area (Å²) in [7, 11) is -4.09. The maximum Gasteiger partial charge on any atom is 0.307 e. The average molecular weight is 479 g/mol. The fourth-order valence-electron chi connectivity index (χ4n) is 3.21. The molecule has 7 nitrogen and oxygen atoms in total. The molecule has 1 N–H and O–H groups in total. The number of nitrogens with one attached hydrogen (secondary N) is 1. The van der Waals surface area contributed by atoms with Crippen LogP contribution in [0.25, 0.3) is 0 Å². The van der Waals surface area contributed by atoms with E-state index in [4.69, 9.17) is 4.74 Å². The van der Waals surface area contributed by atoms with Crippen molar-refractivity contribution in [2.45, 2.75) is 31.7 Å². The van der Waals surface area contributed by atoms with E-state index in [9.17, 15) is 22.4 Å². The second-order valence-electron chi connectivity index (χ2n) is 7.11. The number of esters is 1. The summed E-state index contributed by atoms with van der Waals surface area (Å²) in [5.41, 5.74) is 2.19. The lowest BCUT2D eigenvalue weighted by molar-refractivity contribution is -0.142. The number of benzene rings is 1. The van der Waals surface area contributed by atoms with Crippen LogP contribution in [0, 0.1) is 19.7 Å². The Hall–Kier alpha value is -2.82. The minimum atomic E-state index is -4.09. The summed E-state index contributed by atoms with van der Waals surface area (Å²) in [6.45, 7) is 3.68. The first-order valence-electron chi connectivity index (χ1n) is 9.81. The summed E-state index contributed by atoms with van der Waals surface area (Å²) in [6, 6.07) is 10.7. The minimum absolute atomic E-state index is 0.279. The number of aromatic nitrogens is 1. The molecule has 2 heterocycles. The van der Waals surface area contributed by atoms with Crippen LogP contribution in [0.5, 0.6) is 0 Å². The second kappa shape index (κ2) is 10.2. The quantitative estimate of drug-likeness (QED) is 0.356. The normalized spacial score (nSPS) is 11.5. The molecule has 0 amide bonds. The average Bonchev–Trinajstić information content (AvgIpc) is 3.36. The number of hydrogen-bond donors (Lipinski definition) is 1. The van der Waals surface area contributed by atoms with Gasteiger partial charge in [0.25, 0.3) is 0 Å². The number of rotatable bonds is 10. The monoisotopic (exact) mass is 478 g/mol. The van der Waals surface area contributed by atoms with Gasteiger partial charge in [-0.2, -0.15) is 0 Å². The third-order valence-corrected chi connectivity index (χ3v) is 7.24. The molecule has 3 aromatic rings. The molecule has 0 spiro atoms. The molecule has 0 radical (unpaired) electrons. The fourth-order valence-corrected chi connectivity index (χ4v) is 5.01. The topological polar surface area (TPSA) is 94.5 Å². The van der Waals surface area contributed by atoms with Crippen molar-refractivity contribution in [2.75, 3.05) is 13.2 Å². The fraction of sp³-hybridized carbons (Fsp3) is 0.273. The van der Waals surface area contributed by atoms with Crippen LogP contribution in [-0.2, 0) is 26.1 Å². The van der Waals surface area contributed by atoms with Crippen LogP contribution >= 0.6 is 11.3 Å². The third-order valence-electron chi connectivity index (χ3n) is 4.88. The van der Waals surface area contributed by atoms with Gasteiger partial charge in [0.1, 0.15) is 10.7 Å². The number of nitrogens with zero attached hydrogens (tertiary/aromatic N) is 1. The van der Waals surface area contributed by atoms with Crippen molar-refractivity contribution in [3.05, 3.63) is 75.5 Å². The van der Waals surface area contributed by atoms with Crippen LogP contribution in [0.2, 0.25) is 0 Å². The highest BCUT2D eigenvalue weighted by Crippen LogP contribution is 2.20. The van der Waals surface area contributed by atoms with E-state index in [0.29, 0.717) is 12.1 Å². The van der Waals surface area contributed by atoms with E-state index < -0.39 is 33.3 Å². The van der Waals surface area contributed by atoms with E-state index >= 15 is 0 Å². The summed E-state index contributed by atoms with van der Waals surface area (Å²) in [5, 5.41) is 1.99. The van der Waals surface area contributed by atoms with Gasteiger partial charge in [0.05, 0.1) is 13.0 Å². The van der Waals surface area contributed by atoms with Crippen molar-refractivity contribution in [2.24, 2.45) is 0 Å². The predicted molar refractivity (Wildman–Crippen MR) is 119 cm³/mol. The second-order valence-corrected chi connectivity index (χ2v) is 9.88. The number of thiophene rings is 1. The van der Waals surface area contributed by atoms with Crippen molar-refractivity contribution >= 4 is 33.1 Å². The molecule has 1 aromatic carbocycles. The first-order chi connectivity index (χ1) is 15.2. The van der Waals surface area contributed by atoms with E-state index in [1.807, 2.05) is 35.9 Å². The van der Waals surface area contributed by atoms with E-state index in [1.54, 1.807) is 17.4 Å². The number of Topliss-reactive ketones (excluding diaryl/α,β-unsaturated/α-hetero) is 1. The van der Waals surface area contributed by atoms with E-state index in [2.05, 4.69) is 4.72 Å². The van der Waals surface area contributed by atoms with Crippen LogP contribution < -0.4 is 4.72 Å².